The van der Waals surface area contributed by atoms with Crippen molar-refractivity contribution in [2.24, 2.45) is 0 Å². The smallest absolute Gasteiger partial charge is 0.270 e. The largest absolute Gasteiger partial charge is 0.371 e. The van der Waals surface area contributed by atoms with Crippen LogP contribution in [0.4, 0.5) is 8.78 Å². The second kappa shape index (κ2) is 4.47. The number of hydrogen-bond donors (Lipinski definition) is 1. The van der Waals surface area contributed by atoms with E-state index in [-0.39, 0.29) is 11.7 Å². The fourth-order valence-corrected chi connectivity index (χ4v) is 1.77. The van der Waals surface area contributed by atoms with Crippen molar-refractivity contribution in [3.8, 4) is 0 Å². The van der Waals surface area contributed by atoms with E-state index in [2.05, 4.69) is 5.32 Å². The van der Waals surface area contributed by atoms with Crippen LogP contribution in [-0.2, 0) is 10.7 Å². The molecule has 88 valence electrons. The van der Waals surface area contributed by atoms with Crippen molar-refractivity contribution in [2.75, 3.05) is 19.7 Å². The highest BCUT2D eigenvalue weighted by atomic mass is 19.3. The van der Waals surface area contributed by atoms with Gasteiger partial charge in [-0.05, 0) is 5.56 Å². The molecule has 0 bridgehead atoms. The van der Waals surface area contributed by atoms with Gasteiger partial charge in [0.2, 0.25) is 0 Å². The van der Waals surface area contributed by atoms with Gasteiger partial charge in [-0.1, -0.05) is 24.3 Å². The monoisotopic (exact) mass is 227 g/mol. The average Bonchev–Trinajstić information content (AvgIpc) is 2.29. The van der Waals surface area contributed by atoms with Gasteiger partial charge in [0.15, 0.2) is 0 Å². The lowest BCUT2D eigenvalue weighted by atomic mass is 10.0. The highest BCUT2D eigenvalue weighted by Gasteiger charge is 2.24. The zero-order valence-corrected chi connectivity index (χ0v) is 9.17. The van der Waals surface area contributed by atoms with Crippen LogP contribution in [0, 0.1) is 0 Å². The van der Waals surface area contributed by atoms with Crippen molar-refractivity contribution in [1.29, 1.82) is 0 Å². The maximum atomic E-state index is 13.0. The lowest BCUT2D eigenvalue weighted by Gasteiger charge is -2.24. The van der Waals surface area contributed by atoms with Gasteiger partial charge >= 0.3 is 0 Å². The minimum Gasteiger partial charge on any atom is -0.371 e. The van der Waals surface area contributed by atoms with Gasteiger partial charge in [-0.25, -0.2) is 8.78 Å². The minimum atomic E-state index is -2.77. The van der Waals surface area contributed by atoms with E-state index >= 15 is 0 Å². The molecule has 1 atom stereocenters. The van der Waals surface area contributed by atoms with E-state index in [0.717, 1.165) is 25.6 Å². The molecule has 0 aromatic heterocycles. The Morgan fingerprint density at radius 1 is 1.31 bits per heavy atom. The van der Waals surface area contributed by atoms with Crippen LogP contribution in [0.25, 0.3) is 0 Å². The molecular formula is C12H15F2NO. The summed E-state index contributed by atoms with van der Waals surface area (Å²) in [5.41, 5.74) is 0.986. The van der Waals surface area contributed by atoms with E-state index in [9.17, 15) is 8.78 Å². The zero-order valence-electron chi connectivity index (χ0n) is 9.17. The third kappa shape index (κ3) is 2.57. The summed E-state index contributed by atoms with van der Waals surface area (Å²) in [4.78, 5) is 0. The molecule has 1 aliphatic rings. The third-order valence-corrected chi connectivity index (χ3v) is 2.72. The molecule has 16 heavy (non-hydrogen) atoms. The normalized spacial score (nSPS) is 22.1. The molecule has 1 unspecified atom stereocenters. The van der Waals surface area contributed by atoms with Gasteiger partial charge in [-0.15, -0.1) is 0 Å². The van der Waals surface area contributed by atoms with Crippen LogP contribution in [0.2, 0.25) is 0 Å². The predicted molar refractivity (Wildman–Crippen MR) is 57.6 cm³/mol. The Hall–Kier alpha value is -1.00. The first kappa shape index (κ1) is 11.5. The van der Waals surface area contributed by atoms with Gasteiger partial charge < -0.3 is 10.1 Å². The lowest BCUT2D eigenvalue weighted by Crippen LogP contribution is -2.33. The molecular weight excluding hydrogens is 212 g/mol. The van der Waals surface area contributed by atoms with Crippen molar-refractivity contribution >= 4 is 0 Å². The van der Waals surface area contributed by atoms with E-state index in [4.69, 9.17) is 4.74 Å². The minimum absolute atomic E-state index is 0.0201. The number of morpholine rings is 1. The highest BCUT2D eigenvalue weighted by molar-refractivity contribution is 5.27. The Labute approximate surface area is 93.6 Å². The lowest BCUT2D eigenvalue weighted by molar-refractivity contribution is 0.0166. The Kier molecular flexibility index (Phi) is 3.21. The van der Waals surface area contributed by atoms with Crippen LogP contribution in [0.5, 0.6) is 0 Å². The van der Waals surface area contributed by atoms with Crippen LogP contribution in [0.1, 0.15) is 24.2 Å². The number of rotatable bonds is 2. The van der Waals surface area contributed by atoms with Gasteiger partial charge in [0.05, 0.1) is 12.7 Å². The fourth-order valence-electron chi connectivity index (χ4n) is 1.77. The molecule has 1 N–H and O–H groups in total. The summed E-state index contributed by atoms with van der Waals surface area (Å²) in [5.74, 6) is -2.77. The topological polar surface area (TPSA) is 21.3 Å². The van der Waals surface area contributed by atoms with Crippen LogP contribution in [-0.4, -0.2) is 19.7 Å². The van der Waals surface area contributed by atoms with Gasteiger partial charge in [-0.2, -0.15) is 0 Å². The van der Waals surface area contributed by atoms with E-state index in [1.807, 2.05) is 0 Å². The maximum absolute atomic E-state index is 13.0. The quantitative estimate of drug-likeness (QED) is 0.838. The summed E-state index contributed by atoms with van der Waals surface area (Å²) in [6.07, 6.45) is -0.0201. The molecule has 0 radical (unpaired) electrons. The molecule has 1 fully saturated rings. The van der Waals surface area contributed by atoms with Gasteiger partial charge in [0.1, 0.15) is 0 Å². The fraction of sp³-hybridized carbons (Fsp3) is 0.500. The first-order valence-corrected chi connectivity index (χ1v) is 5.38. The molecule has 0 spiro atoms. The Bertz CT molecular complexity index is 339. The molecule has 4 heteroatoms. The summed E-state index contributed by atoms with van der Waals surface area (Å²) in [7, 11) is 0. The van der Waals surface area contributed by atoms with E-state index in [1.165, 1.54) is 12.1 Å². The summed E-state index contributed by atoms with van der Waals surface area (Å²) in [6.45, 7) is 3.15. The van der Waals surface area contributed by atoms with Gasteiger partial charge in [-0.3, -0.25) is 0 Å². The van der Waals surface area contributed by atoms with Gasteiger partial charge in [0, 0.05) is 25.6 Å². The average molecular weight is 227 g/mol. The van der Waals surface area contributed by atoms with Crippen LogP contribution in [0.15, 0.2) is 24.3 Å². The van der Waals surface area contributed by atoms with Crippen LogP contribution in [0.3, 0.4) is 0 Å². The molecule has 2 rings (SSSR count). The molecule has 0 saturated carbocycles. The number of ether oxygens (including phenoxy) is 1. The summed E-state index contributed by atoms with van der Waals surface area (Å²) < 4.78 is 31.5. The van der Waals surface area contributed by atoms with Crippen molar-refractivity contribution < 1.29 is 13.5 Å². The van der Waals surface area contributed by atoms with Crippen molar-refractivity contribution in [3.63, 3.8) is 0 Å². The third-order valence-electron chi connectivity index (χ3n) is 2.72. The maximum Gasteiger partial charge on any atom is 0.270 e. The molecule has 0 aliphatic carbocycles. The molecule has 1 aliphatic heterocycles. The first-order valence-electron chi connectivity index (χ1n) is 5.38. The number of halogens is 2. The molecule has 2 nitrogen and oxygen atoms in total. The number of alkyl halides is 2. The first-order chi connectivity index (χ1) is 7.57. The highest BCUT2D eigenvalue weighted by Crippen LogP contribution is 2.28. The van der Waals surface area contributed by atoms with Crippen molar-refractivity contribution in [3.05, 3.63) is 35.4 Å². The number of hydrogen-bond acceptors (Lipinski definition) is 2. The summed E-state index contributed by atoms with van der Waals surface area (Å²) in [6, 6.07) is 6.36. The van der Waals surface area contributed by atoms with Crippen LogP contribution >= 0.6 is 0 Å². The second-order valence-corrected chi connectivity index (χ2v) is 4.07. The molecule has 0 amide bonds. The molecule has 1 aromatic rings. The van der Waals surface area contributed by atoms with E-state index in [1.54, 1.807) is 12.1 Å². The number of nitrogens with one attached hydrogen (secondary N) is 1. The number of benzene rings is 1. The summed E-state index contributed by atoms with van der Waals surface area (Å²) in [5, 5.41) is 3.21. The standard InChI is InChI=1S/C12H15F2NO/c1-12(13,14)10-4-2-9(3-5-10)11-8-15-6-7-16-11/h2-5,11,15H,6-8H2,1H3. The predicted octanol–water partition coefficient (Wildman–Crippen LogP) is 2.46. The second-order valence-electron chi connectivity index (χ2n) is 4.07. The van der Waals surface area contributed by atoms with Crippen LogP contribution < -0.4 is 5.32 Å². The van der Waals surface area contributed by atoms with Crippen molar-refractivity contribution in [2.45, 2.75) is 19.0 Å². The zero-order chi connectivity index (χ0) is 11.6. The van der Waals surface area contributed by atoms with Gasteiger partial charge in [0.25, 0.3) is 5.92 Å². The Morgan fingerprint density at radius 3 is 2.50 bits per heavy atom. The molecule has 1 heterocycles. The Morgan fingerprint density at radius 2 is 2.00 bits per heavy atom. The molecule has 1 saturated heterocycles. The van der Waals surface area contributed by atoms with E-state index in [0.29, 0.717) is 6.61 Å². The summed E-state index contributed by atoms with van der Waals surface area (Å²) >= 11 is 0. The molecule has 1 aromatic carbocycles. The van der Waals surface area contributed by atoms with E-state index < -0.39 is 5.92 Å². The van der Waals surface area contributed by atoms with Crippen molar-refractivity contribution in [1.82, 2.24) is 5.32 Å². The SMILES string of the molecule is CC(F)(F)c1ccc(C2CNCCO2)cc1. The Balaban J connectivity index is 2.12.